The predicted molar refractivity (Wildman–Crippen MR) is 136 cm³/mol. The summed E-state index contributed by atoms with van der Waals surface area (Å²) in [4.78, 5) is 53.0. The zero-order chi connectivity index (χ0) is 28.6. The molecule has 2 aliphatic heterocycles. The number of benzene rings is 3. The van der Waals surface area contributed by atoms with Crippen molar-refractivity contribution in [1.82, 2.24) is 10.2 Å². The smallest absolute Gasteiger partial charge is 0.418 e. The van der Waals surface area contributed by atoms with E-state index >= 15 is 0 Å². The van der Waals surface area contributed by atoms with Crippen LogP contribution < -0.4 is 19.7 Å². The van der Waals surface area contributed by atoms with Gasteiger partial charge in [0.15, 0.2) is 17.4 Å². The normalized spacial score (nSPS) is 16.4. The lowest BCUT2D eigenvalue weighted by Gasteiger charge is -2.29. The molecule has 3 aromatic carbocycles. The second-order valence-electron chi connectivity index (χ2n) is 9.03. The number of hydrogen-bond acceptors (Lipinski definition) is 7. The van der Waals surface area contributed by atoms with Crippen LogP contribution in [0.5, 0.6) is 17.2 Å². The van der Waals surface area contributed by atoms with Crippen molar-refractivity contribution in [2.45, 2.75) is 25.4 Å². The maximum atomic E-state index is 13.5. The summed E-state index contributed by atoms with van der Waals surface area (Å²) >= 11 is 0. The van der Waals surface area contributed by atoms with Crippen LogP contribution in [0.1, 0.15) is 28.8 Å². The van der Waals surface area contributed by atoms with E-state index in [2.05, 4.69) is 5.32 Å². The number of carbonyl (C=O) groups is 4. The van der Waals surface area contributed by atoms with Crippen LogP contribution in [0, 0.1) is 11.6 Å². The van der Waals surface area contributed by atoms with E-state index in [0.29, 0.717) is 11.3 Å². The van der Waals surface area contributed by atoms with Crippen LogP contribution in [0.2, 0.25) is 0 Å². The summed E-state index contributed by atoms with van der Waals surface area (Å²) in [5.41, 5.74) is 1.32. The van der Waals surface area contributed by atoms with Gasteiger partial charge in [-0.05, 0) is 54.4 Å². The van der Waals surface area contributed by atoms with Crippen LogP contribution in [0.25, 0.3) is 0 Å². The molecule has 10 nitrogen and oxygen atoms in total. The maximum absolute atomic E-state index is 13.5. The number of halogens is 2. The summed E-state index contributed by atoms with van der Waals surface area (Å²) in [6, 6.07) is 11.7. The van der Waals surface area contributed by atoms with Gasteiger partial charge in [0.25, 0.3) is 5.91 Å². The van der Waals surface area contributed by atoms with Crippen LogP contribution in [0.15, 0.2) is 54.6 Å². The average Bonchev–Trinajstić information content (AvgIpc) is 3.27. The van der Waals surface area contributed by atoms with Gasteiger partial charge < -0.3 is 19.1 Å². The Kier molecular flexibility index (Phi) is 7.07. The number of ether oxygens (including phenoxy) is 3. The molecule has 0 spiro atoms. The highest BCUT2D eigenvalue weighted by molar-refractivity contribution is 6.09. The molecule has 0 aromatic heterocycles. The Labute approximate surface area is 227 Å². The third-order valence-corrected chi connectivity index (χ3v) is 6.65. The summed E-state index contributed by atoms with van der Waals surface area (Å²) in [5.74, 6) is -2.99. The summed E-state index contributed by atoms with van der Waals surface area (Å²) in [6.45, 7) is 0.130. The van der Waals surface area contributed by atoms with E-state index in [1.54, 1.807) is 12.1 Å². The molecule has 0 radical (unpaired) electrons. The Balaban J connectivity index is 1.46. The number of nitrogens with one attached hydrogen (secondary N) is 1. The third kappa shape index (κ3) is 4.79. The van der Waals surface area contributed by atoms with Crippen molar-refractivity contribution in [2.75, 3.05) is 19.1 Å². The van der Waals surface area contributed by atoms with Gasteiger partial charge >= 0.3 is 6.09 Å². The molecular weight excluding hydrogens is 528 g/mol. The van der Waals surface area contributed by atoms with Gasteiger partial charge in [0, 0.05) is 19.0 Å². The van der Waals surface area contributed by atoms with Crippen molar-refractivity contribution in [1.29, 1.82) is 0 Å². The molecule has 1 N–H and O–H groups in total. The average molecular weight is 552 g/mol. The fourth-order valence-corrected chi connectivity index (χ4v) is 4.77. The SMILES string of the molecule is COC(=O)N(c1ccc(Oc2ccc(F)c(F)c2)cc1)c1ccc2c(c1OC)C(=O)N([C@H]1CCC(=O)NC1=O)C2. The molecule has 0 bridgehead atoms. The van der Waals surface area contributed by atoms with Crippen molar-refractivity contribution in [2.24, 2.45) is 0 Å². The minimum Gasteiger partial charge on any atom is -0.494 e. The largest absolute Gasteiger partial charge is 0.494 e. The van der Waals surface area contributed by atoms with Gasteiger partial charge in [0.1, 0.15) is 17.5 Å². The highest BCUT2D eigenvalue weighted by Gasteiger charge is 2.42. The van der Waals surface area contributed by atoms with Gasteiger partial charge in [-0.15, -0.1) is 0 Å². The molecule has 5 rings (SSSR count). The zero-order valence-electron chi connectivity index (χ0n) is 21.4. The molecule has 4 amide bonds. The first kappa shape index (κ1) is 26.6. The first-order chi connectivity index (χ1) is 19.2. The van der Waals surface area contributed by atoms with E-state index in [9.17, 15) is 28.0 Å². The maximum Gasteiger partial charge on any atom is 0.418 e. The van der Waals surface area contributed by atoms with Crippen LogP contribution in [0.4, 0.5) is 25.0 Å². The molecular formula is C28H23F2N3O7. The van der Waals surface area contributed by atoms with Crippen LogP contribution in [-0.2, 0) is 20.9 Å². The van der Waals surface area contributed by atoms with E-state index in [4.69, 9.17) is 14.2 Å². The van der Waals surface area contributed by atoms with Crippen molar-refractivity contribution in [3.8, 4) is 17.2 Å². The molecule has 1 saturated heterocycles. The molecule has 40 heavy (non-hydrogen) atoms. The van der Waals surface area contributed by atoms with Gasteiger partial charge in [-0.1, -0.05) is 6.07 Å². The molecule has 0 saturated carbocycles. The van der Waals surface area contributed by atoms with E-state index < -0.39 is 35.6 Å². The molecule has 1 fully saturated rings. The molecule has 2 aliphatic rings. The molecule has 2 heterocycles. The minimum absolute atomic E-state index is 0.0795. The molecule has 0 aliphatic carbocycles. The van der Waals surface area contributed by atoms with Gasteiger partial charge in [0.05, 0.1) is 31.2 Å². The Morgan fingerprint density at radius 3 is 2.35 bits per heavy atom. The zero-order valence-corrected chi connectivity index (χ0v) is 21.4. The highest BCUT2D eigenvalue weighted by Crippen LogP contribution is 2.43. The lowest BCUT2D eigenvalue weighted by molar-refractivity contribution is -0.136. The van der Waals surface area contributed by atoms with Crippen molar-refractivity contribution in [3.63, 3.8) is 0 Å². The van der Waals surface area contributed by atoms with E-state index in [-0.39, 0.29) is 53.8 Å². The third-order valence-electron chi connectivity index (χ3n) is 6.65. The number of piperidine rings is 1. The predicted octanol–water partition coefficient (Wildman–Crippen LogP) is 4.43. The Morgan fingerprint density at radius 1 is 0.975 bits per heavy atom. The number of hydrogen-bond donors (Lipinski definition) is 1. The summed E-state index contributed by atoms with van der Waals surface area (Å²) in [5, 5.41) is 2.26. The van der Waals surface area contributed by atoms with Crippen molar-refractivity contribution < 1.29 is 42.2 Å². The number of rotatable bonds is 6. The van der Waals surface area contributed by atoms with Crippen LogP contribution in [0.3, 0.4) is 0 Å². The van der Waals surface area contributed by atoms with E-state index in [0.717, 1.165) is 12.1 Å². The van der Waals surface area contributed by atoms with Crippen LogP contribution in [-0.4, -0.2) is 49.0 Å². The lowest BCUT2D eigenvalue weighted by atomic mass is 10.0. The Morgan fingerprint density at radius 2 is 1.70 bits per heavy atom. The van der Waals surface area contributed by atoms with Gasteiger partial charge in [0.2, 0.25) is 11.8 Å². The van der Waals surface area contributed by atoms with E-state index in [1.165, 1.54) is 54.4 Å². The molecule has 12 heteroatoms. The number of methoxy groups -OCH3 is 2. The Hall–Kier alpha value is -5.00. The number of amides is 4. The molecule has 3 aromatic rings. The van der Waals surface area contributed by atoms with Crippen LogP contribution >= 0.6 is 0 Å². The topological polar surface area (TPSA) is 114 Å². The molecule has 1 atom stereocenters. The number of imide groups is 1. The second-order valence-corrected chi connectivity index (χ2v) is 9.03. The van der Waals surface area contributed by atoms with Gasteiger partial charge in [-0.25, -0.2) is 18.5 Å². The minimum atomic E-state index is -1.06. The van der Waals surface area contributed by atoms with E-state index in [1.807, 2.05) is 0 Å². The monoisotopic (exact) mass is 551 g/mol. The number of fused-ring (bicyclic) bond motifs is 1. The Bertz CT molecular complexity index is 1530. The number of carbonyl (C=O) groups excluding carboxylic acids is 4. The summed E-state index contributed by atoms with van der Waals surface area (Å²) in [6.07, 6.45) is -0.461. The fraction of sp³-hybridized carbons (Fsp3) is 0.214. The first-order valence-electron chi connectivity index (χ1n) is 12.2. The first-order valence-corrected chi connectivity index (χ1v) is 12.2. The second kappa shape index (κ2) is 10.6. The summed E-state index contributed by atoms with van der Waals surface area (Å²) in [7, 11) is 2.56. The molecule has 0 unspecified atom stereocenters. The highest BCUT2D eigenvalue weighted by atomic mass is 19.2. The lowest BCUT2D eigenvalue weighted by Crippen LogP contribution is -2.52. The van der Waals surface area contributed by atoms with Crippen molar-refractivity contribution in [3.05, 3.63) is 77.4 Å². The van der Waals surface area contributed by atoms with Gasteiger partial charge in [-0.3, -0.25) is 19.7 Å². The summed E-state index contributed by atoms with van der Waals surface area (Å²) < 4.78 is 43.0. The quantitative estimate of drug-likeness (QED) is 0.451. The van der Waals surface area contributed by atoms with Gasteiger partial charge in [-0.2, -0.15) is 0 Å². The number of nitrogens with zero attached hydrogens (tertiary/aromatic N) is 2. The van der Waals surface area contributed by atoms with Crippen molar-refractivity contribution >= 4 is 35.2 Å². The standard InChI is InChI=1S/C28H23F2N3O7/c1-38-25-21(10-3-15-14-32(27(36)24(15)25)22-11-12-23(34)31-26(22)35)33(28(37)39-2)16-4-6-17(7-5-16)40-18-8-9-19(29)20(30)13-18/h3-10,13,22H,11-12,14H2,1-2H3,(H,31,34,35)/t22-/m0/s1. The molecule has 206 valence electrons. The number of anilines is 2. The fourth-order valence-electron chi connectivity index (χ4n) is 4.77.